The Morgan fingerprint density at radius 3 is 1.34 bits per heavy atom. The summed E-state index contributed by atoms with van der Waals surface area (Å²) < 4.78 is 35.2. The normalized spacial score (nSPS) is 13.7. The van der Waals surface area contributed by atoms with Gasteiger partial charge in [0.15, 0.2) is 0 Å². The highest BCUT2D eigenvalue weighted by Gasteiger charge is 2.26. The summed E-state index contributed by atoms with van der Waals surface area (Å²) in [5.41, 5.74) is 0. The van der Waals surface area contributed by atoms with Gasteiger partial charge in [0.1, 0.15) is 19.3 Å². The molecule has 0 rings (SSSR count). The maximum atomic E-state index is 12.8. The van der Waals surface area contributed by atoms with E-state index in [0.717, 1.165) is 44.9 Å². The number of unbranched alkanes of at least 4 members (excludes halogenated alkanes) is 31. The van der Waals surface area contributed by atoms with Crippen molar-refractivity contribution >= 4 is 13.8 Å². The largest absolute Gasteiger partial charge is 0.472 e. The third kappa shape index (κ3) is 49.8. The Kier molecular flexibility index (Phi) is 44.8. The molecule has 0 heterocycles. The first kappa shape index (κ1) is 60.0. The zero-order valence-corrected chi connectivity index (χ0v) is 42.1. The van der Waals surface area contributed by atoms with Crippen molar-refractivity contribution < 1.29 is 37.3 Å². The van der Waals surface area contributed by atoms with E-state index in [1.807, 2.05) is 21.1 Å². The molecular weight excluding hydrogens is 782 g/mol. The SMILES string of the molecule is CCCCCC/C=C\C/C=C\CCCCCCCCCC(=O)OC(COCCCCCCCCCCCCCCCCCCCCCCC)COP(=O)(O)OCC[N+](C)(C)C. The lowest BCUT2D eigenvalue weighted by Crippen LogP contribution is -2.37. The minimum absolute atomic E-state index is 0.0892. The third-order valence-corrected chi connectivity index (χ3v) is 12.5. The van der Waals surface area contributed by atoms with Crippen LogP contribution in [0.25, 0.3) is 0 Å². The molecular formula is C52H103NO7P+. The van der Waals surface area contributed by atoms with Gasteiger partial charge in [-0.25, -0.2) is 4.57 Å². The molecule has 0 spiro atoms. The zero-order chi connectivity index (χ0) is 44.8. The molecule has 1 N–H and O–H groups in total. The quantitative estimate of drug-likeness (QED) is 0.0214. The number of rotatable bonds is 49. The molecule has 61 heavy (non-hydrogen) atoms. The Morgan fingerprint density at radius 1 is 0.508 bits per heavy atom. The molecule has 0 fully saturated rings. The molecule has 0 bridgehead atoms. The summed E-state index contributed by atoms with van der Waals surface area (Å²) in [6.45, 7) is 5.65. The van der Waals surface area contributed by atoms with Crippen molar-refractivity contribution in [1.82, 2.24) is 0 Å². The lowest BCUT2D eigenvalue weighted by molar-refractivity contribution is -0.870. The minimum Gasteiger partial charge on any atom is -0.457 e. The van der Waals surface area contributed by atoms with E-state index in [4.69, 9.17) is 18.5 Å². The molecule has 2 atom stereocenters. The number of hydrogen-bond donors (Lipinski definition) is 1. The molecule has 0 amide bonds. The fourth-order valence-electron chi connectivity index (χ4n) is 7.47. The fourth-order valence-corrected chi connectivity index (χ4v) is 8.21. The number of carbonyl (C=O) groups is 1. The Labute approximate surface area is 379 Å². The van der Waals surface area contributed by atoms with Crippen LogP contribution in [0.3, 0.4) is 0 Å². The Hall–Kier alpha value is -1.02. The van der Waals surface area contributed by atoms with Crippen molar-refractivity contribution in [3.63, 3.8) is 0 Å². The summed E-state index contributed by atoms with van der Waals surface area (Å²) in [5.74, 6) is -0.317. The van der Waals surface area contributed by atoms with Crippen LogP contribution in [0.2, 0.25) is 0 Å². The third-order valence-electron chi connectivity index (χ3n) is 11.5. The minimum atomic E-state index is -4.28. The van der Waals surface area contributed by atoms with Crippen molar-refractivity contribution in [2.45, 2.75) is 251 Å². The second-order valence-electron chi connectivity index (χ2n) is 18.9. The van der Waals surface area contributed by atoms with E-state index in [1.165, 1.54) is 180 Å². The van der Waals surface area contributed by atoms with Gasteiger partial charge in [-0.3, -0.25) is 13.8 Å². The highest BCUT2D eigenvalue weighted by atomic mass is 31.2. The fraction of sp³-hybridized carbons (Fsp3) is 0.904. The van der Waals surface area contributed by atoms with Gasteiger partial charge in [0.05, 0.1) is 34.4 Å². The van der Waals surface area contributed by atoms with Crippen LogP contribution in [0.4, 0.5) is 0 Å². The first-order valence-electron chi connectivity index (χ1n) is 26.1. The van der Waals surface area contributed by atoms with Gasteiger partial charge in [-0.15, -0.1) is 0 Å². The van der Waals surface area contributed by atoms with Crippen molar-refractivity contribution in [2.24, 2.45) is 0 Å². The summed E-state index contributed by atoms with van der Waals surface area (Å²) in [6.07, 6.45) is 53.6. The van der Waals surface area contributed by atoms with Gasteiger partial charge < -0.3 is 18.9 Å². The van der Waals surface area contributed by atoms with E-state index >= 15 is 0 Å². The average molecular weight is 885 g/mol. The standard InChI is InChI=1S/C52H102NO7P/c1-6-8-10-12-14-16-18-20-22-24-26-27-28-30-32-34-36-38-40-42-44-47-57-49-51(50-59-61(55,56)58-48-46-53(3,4)5)60-52(54)45-43-41-39-37-35-33-31-29-25-23-21-19-17-15-13-11-9-7-2/h17,19,23,25,51H,6-16,18,20-22,24,26-50H2,1-5H3/p+1/b19-17-,25-23-. The summed E-state index contributed by atoms with van der Waals surface area (Å²) in [5, 5.41) is 0. The van der Waals surface area contributed by atoms with Crippen LogP contribution < -0.4 is 0 Å². The van der Waals surface area contributed by atoms with Crippen LogP contribution in [0.15, 0.2) is 24.3 Å². The summed E-state index contributed by atoms with van der Waals surface area (Å²) in [6, 6.07) is 0. The molecule has 8 nitrogen and oxygen atoms in total. The maximum Gasteiger partial charge on any atom is 0.472 e. The second kappa shape index (κ2) is 45.5. The second-order valence-corrected chi connectivity index (χ2v) is 20.4. The predicted octanol–water partition coefficient (Wildman–Crippen LogP) is 16.0. The Morgan fingerprint density at radius 2 is 0.902 bits per heavy atom. The number of esters is 1. The van der Waals surface area contributed by atoms with E-state index in [1.54, 1.807) is 0 Å². The summed E-state index contributed by atoms with van der Waals surface area (Å²) in [7, 11) is 1.67. The molecule has 0 saturated heterocycles. The molecule has 0 aliphatic heterocycles. The maximum absolute atomic E-state index is 12.8. The van der Waals surface area contributed by atoms with Crippen LogP contribution in [0.1, 0.15) is 245 Å². The van der Waals surface area contributed by atoms with Gasteiger partial charge >= 0.3 is 13.8 Å². The topological polar surface area (TPSA) is 91.3 Å². The van der Waals surface area contributed by atoms with Gasteiger partial charge in [0.2, 0.25) is 0 Å². The molecule has 0 aliphatic rings. The van der Waals surface area contributed by atoms with Gasteiger partial charge in [-0.05, 0) is 44.9 Å². The van der Waals surface area contributed by atoms with E-state index in [-0.39, 0.29) is 25.8 Å². The van der Waals surface area contributed by atoms with Crippen LogP contribution >= 0.6 is 7.82 Å². The van der Waals surface area contributed by atoms with Crippen LogP contribution in [0, 0.1) is 0 Å². The van der Waals surface area contributed by atoms with E-state index in [9.17, 15) is 14.3 Å². The van der Waals surface area contributed by atoms with Gasteiger partial charge in [0.25, 0.3) is 0 Å². The van der Waals surface area contributed by atoms with Crippen LogP contribution in [0.5, 0.6) is 0 Å². The molecule has 0 saturated carbocycles. The number of allylic oxidation sites excluding steroid dienone is 4. The lowest BCUT2D eigenvalue weighted by Gasteiger charge is -2.24. The first-order chi connectivity index (χ1) is 29.6. The highest BCUT2D eigenvalue weighted by molar-refractivity contribution is 7.47. The number of carbonyl (C=O) groups excluding carboxylic acids is 1. The van der Waals surface area contributed by atoms with E-state index in [2.05, 4.69) is 38.2 Å². The predicted molar refractivity (Wildman–Crippen MR) is 261 cm³/mol. The van der Waals surface area contributed by atoms with E-state index in [0.29, 0.717) is 24.1 Å². The highest BCUT2D eigenvalue weighted by Crippen LogP contribution is 2.43. The van der Waals surface area contributed by atoms with Gasteiger partial charge in [0, 0.05) is 13.0 Å². The summed E-state index contributed by atoms with van der Waals surface area (Å²) in [4.78, 5) is 23.0. The molecule has 0 aromatic carbocycles. The molecule has 0 aromatic rings. The molecule has 0 radical (unpaired) electrons. The Balaban J connectivity index is 4.11. The van der Waals surface area contributed by atoms with Crippen molar-refractivity contribution in [3.8, 4) is 0 Å². The molecule has 9 heteroatoms. The molecule has 0 aliphatic carbocycles. The monoisotopic (exact) mass is 885 g/mol. The number of hydrogen-bond acceptors (Lipinski definition) is 6. The van der Waals surface area contributed by atoms with Crippen molar-refractivity contribution in [3.05, 3.63) is 24.3 Å². The van der Waals surface area contributed by atoms with Crippen molar-refractivity contribution in [1.29, 1.82) is 0 Å². The number of phosphoric acid groups is 1. The average Bonchev–Trinajstić information content (AvgIpc) is 3.22. The first-order valence-corrected chi connectivity index (χ1v) is 27.6. The van der Waals surface area contributed by atoms with E-state index < -0.39 is 13.9 Å². The smallest absolute Gasteiger partial charge is 0.457 e. The van der Waals surface area contributed by atoms with Crippen LogP contribution in [-0.4, -0.2) is 75.6 Å². The van der Waals surface area contributed by atoms with Gasteiger partial charge in [-0.1, -0.05) is 218 Å². The number of phosphoric ester groups is 1. The molecule has 362 valence electrons. The lowest BCUT2D eigenvalue weighted by atomic mass is 10.0. The van der Waals surface area contributed by atoms with Crippen molar-refractivity contribution in [2.75, 3.05) is 54.1 Å². The zero-order valence-electron chi connectivity index (χ0n) is 41.2. The van der Waals surface area contributed by atoms with Gasteiger partial charge in [-0.2, -0.15) is 0 Å². The van der Waals surface area contributed by atoms with Crippen LogP contribution in [-0.2, 0) is 27.9 Å². The Bertz CT molecular complexity index is 1030. The molecule has 0 aromatic heterocycles. The number of quaternary nitrogens is 1. The summed E-state index contributed by atoms with van der Waals surface area (Å²) >= 11 is 0. The number of nitrogens with zero attached hydrogens (tertiary/aromatic N) is 1. The number of ether oxygens (including phenoxy) is 2. The number of likely N-dealkylation sites (N-methyl/N-ethyl adjacent to an activating group) is 1. The molecule has 2 unspecified atom stereocenters.